The number of aryl methyl sites for hydroxylation is 2. The highest BCUT2D eigenvalue weighted by Gasteiger charge is 2.35. The molecule has 1 aliphatic carbocycles. The molecule has 0 atom stereocenters. The molecule has 0 saturated heterocycles. The molecule has 5 aromatic rings. The van der Waals surface area contributed by atoms with Crippen LogP contribution in [0.1, 0.15) is 63.4 Å². The third-order valence-electron chi connectivity index (χ3n) is 7.86. The van der Waals surface area contributed by atoms with Crippen molar-refractivity contribution in [3.63, 3.8) is 0 Å². The van der Waals surface area contributed by atoms with Gasteiger partial charge in [-0.15, -0.1) is 0 Å². The fraction of sp³-hybridized carbons (Fsp3) is 0.364. The van der Waals surface area contributed by atoms with Gasteiger partial charge in [0.1, 0.15) is 11.6 Å². The van der Waals surface area contributed by atoms with Crippen LogP contribution in [0, 0.1) is 6.92 Å². The fourth-order valence-electron chi connectivity index (χ4n) is 5.46. The molecule has 0 unspecified atom stereocenters. The minimum atomic E-state index is -0.201. The van der Waals surface area contributed by atoms with E-state index in [1.54, 1.807) is 24.5 Å². The number of rotatable bonds is 9. The van der Waals surface area contributed by atoms with Crippen molar-refractivity contribution in [2.24, 2.45) is 7.05 Å². The first-order chi connectivity index (χ1) is 21.0. The number of nitrogens with zero attached hydrogens (tertiary/aromatic N) is 6. The van der Waals surface area contributed by atoms with Crippen molar-refractivity contribution in [2.45, 2.75) is 71.6 Å². The molecule has 4 aromatic heterocycles. The number of benzene rings is 1. The summed E-state index contributed by atoms with van der Waals surface area (Å²) in [5, 5.41) is 11.1. The lowest BCUT2D eigenvalue weighted by molar-refractivity contribution is -0.114. The first kappa shape index (κ1) is 29.3. The Bertz CT molecular complexity index is 1800. The van der Waals surface area contributed by atoms with Crippen molar-refractivity contribution in [3.05, 3.63) is 77.7 Å². The molecule has 1 aliphatic rings. The Hall–Kier alpha value is -4.77. The van der Waals surface area contributed by atoms with Gasteiger partial charge in [0, 0.05) is 49.0 Å². The fourth-order valence-corrected chi connectivity index (χ4v) is 5.46. The lowest BCUT2D eigenvalue weighted by atomic mass is 9.86. The lowest BCUT2D eigenvalue weighted by Gasteiger charge is -2.37. The summed E-state index contributed by atoms with van der Waals surface area (Å²) in [5.74, 6) is 2.71. The predicted molar refractivity (Wildman–Crippen MR) is 169 cm³/mol. The lowest BCUT2D eigenvalue weighted by Crippen LogP contribution is -2.36. The molecule has 0 bridgehead atoms. The Morgan fingerprint density at radius 1 is 1.07 bits per heavy atom. The summed E-state index contributed by atoms with van der Waals surface area (Å²) in [6.07, 6.45) is 5.33. The number of amides is 1. The van der Waals surface area contributed by atoms with Gasteiger partial charge in [-0.2, -0.15) is 10.1 Å². The van der Waals surface area contributed by atoms with E-state index in [4.69, 9.17) is 19.6 Å². The quantitative estimate of drug-likeness (QED) is 0.196. The molecule has 1 aromatic carbocycles. The van der Waals surface area contributed by atoms with E-state index in [-0.39, 0.29) is 23.5 Å². The first-order valence-electron chi connectivity index (χ1n) is 14.8. The van der Waals surface area contributed by atoms with Gasteiger partial charge in [0.25, 0.3) is 0 Å². The van der Waals surface area contributed by atoms with E-state index in [1.807, 2.05) is 36.7 Å². The molecule has 0 radical (unpaired) electrons. The summed E-state index contributed by atoms with van der Waals surface area (Å²) in [6.45, 7) is 10.7. The van der Waals surface area contributed by atoms with Crippen LogP contribution >= 0.6 is 0 Å². The largest absolute Gasteiger partial charge is 0.455 e. The summed E-state index contributed by atoms with van der Waals surface area (Å²) in [5.41, 5.74) is 4.58. The van der Waals surface area contributed by atoms with Crippen LogP contribution in [-0.4, -0.2) is 41.3 Å². The summed E-state index contributed by atoms with van der Waals surface area (Å²) in [4.78, 5) is 24.9. The summed E-state index contributed by atoms with van der Waals surface area (Å²) in [6, 6.07) is 16.1. The molecule has 11 heteroatoms. The van der Waals surface area contributed by atoms with Gasteiger partial charge < -0.3 is 24.7 Å². The van der Waals surface area contributed by atoms with Crippen LogP contribution in [0.15, 0.2) is 60.9 Å². The number of anilines is 3. The van der Waals surface area contributed by atoms with Crippen LogP contribution in [0.2, 0.25) is 0 Å². The van der Waals surface area contributed by atoms with Gasteiger partial charge in [-0.1, -0.05) is 51.1 Å². The topological polar surface area (TPSA) is 121 Å². The van der Waals surface area contributed by atoms with E-state index < -0.39 is 0 Å². The molecule has 6 rings (SSSR count). The Kier molecular flexibility index (Phi) is 7.81. The predicted octanol–water partition coefficient (Wildman–Crippen LogP) is 6.58. The molecule has 11 nitrogen and oxygen atoms in total. The molecule has 1 saturated carbocycles. The van der Waals surface area contributed by atoms with Crippen LogP contribution < -0.4 is 15.4 Å². The molecule has 1 amide bonds. The highest BCUT2D eigenvalue weighted by Crippen LogP contribution is 2.39. The molecular weight excluding hydrogens is 556 g/mol. The van der Waals surface area contributed by atoms with Crippen molar-refractivity contribution in [1.82, 2.24) is 29.3 Å². The van der Waals surface area contributed by atoms with Crippen LogP contribution in [0.25, 0.3) is 11.2 Å². The second kappa shape index (κ2) is 11.7. The van der Waals surface area contributed by atoms with Gasteiger partial charge in [0.2, 0.25) is 11.9 Å². The van der Waals surface area contributed by atoms with E-state index >= 15 is 0 Å². The Morgan fingerprint density at radius 2 is 1.84 bits per heavy atom. The smallest absolute Gasteiger partial charge is 0.222 e. The number of carbonyl (C=O) groups is 1. The van der Waals surface area contributed by atoms with Gasteiger partial charge in [-0.05, 0) is 31.4 Å². The van der Waals surface area contributed by atoms with Gasteiger partial charge in [-0.3, -0.25) is 9.48 Å². The van der Waals surface area contributed by atoms with Gasteiger partial charge in [-0.25, -0.2) is 9.97 Å². The zero-order valence-corrected chi connectivity index (χ0v) is 26.0. The summed E-state index contributed by atoms with van der Waals surface area (Å²) in [7, 11) is 1.94. The van der Waals surface area contributed by atoms with Gasteiger partial charge in [0.15, 0.2) is 17.2 Å². The highest BCUT2D eigenvalue weighted by molar-refractivity contribution is 5.87. The van der Waals surface area contributed by atoms with E-state index in [9.17, 15) is 4.79 Å². The molecular formula is C33H38N8O3. The number of aromatic nitrogens is 6. The van der Waals surface area contributed by atoms with Crippen molar-refractivity contribution in [3.8, 4) is 11.5 Å². The Morgan fingerprint density at radius 3 is 2.57 bits per heavy atom. The number of pyridine rings is 2. The third kappa shape index (κ3) is 6.14. The number of hydrogen-bond acceptors (Lipinski definition) is 8. The Labute approximate surface area is 256 Å². The second-order valence-corrected chi connectivity index (χ2v) is 12.4. The molecule has 228 valence electrons. The number of nitrogens with one attached hydrogen (secondary N) is 2. The van der Waals surface area contributed by atoms with Crippen LogP contribution in [0.3, 0.4) is 0 Å². The van der Waals surface area contributed by atoms with Gasteiger partial charge >= 0.3 is 0 Å². The van der Waals surface area contributed by atoms with E-state index in [0.29, 0.717) is 35.5 Å². The maximum absolute atomic E-state index is 11.4. The molecule has 4 heterocycles. The maximum Gasteiger partial charge on any atom is 0.222 e. The minimum Gasteiger partial charge on any atom is -0.455 e. The number of imidazole rings is 1. The number of carbonyl (C=O) groups excluding carboxylic acids is 1. The van der Waals surface area contributed by atoms with Crippen LogP contribution in [0.5, 0.6) is 11.5 Å². The monoisotopic (exact) mass is 594 g/mol. The molecule has 0 aliphatic heterocycles. The zero-order chi connectivity index (χ0) is 31.0. The Balaban J connectivity index is 1.19. The average molecular weight is 595 g/mol. The average Bonchev–Trinajstić information content (AvgIpc) is 3.51. The number of fused-ring (bicyclic) bond motifs is 1. The summed E-state index contributed by atoms with van der Waals surface area (Å²) < 4.78 is 16.4. The van der Waals surface area contributed by atoms with E-state index in [0.717, 1.165) is 35.4 Å². The number of hydrogen-bond donors (Lipinski definition) is 2. The minimum absolute atomic E-state index is 0.0909. The standard InChI is InChI=1S/C33H38N8O3/c1-20-26(44-24-12-13-34-28(16-24)36-21(2)42)18-35-31-30(20)40(6)32(38-31)37-29-17-27(33(3,4)5)41(39-29)23-14-25(15-23)43-19-22-10-8-7-9-11-22/h7-13,16-18,23,25H,14-15,19H2,1-6H3,(H,34,36,42)(H,35,37,38,39)/t23-,25+. The third-order valence-corrected chi connectivity index (χ3v) is 7.86. The SMILES string of the molecule is CC(=O)Nc1cc(Oc2cnc3nc(Nc4cc(C(C)(C)C)n([C@H]5C[C@@H](OCc6ccccc6)C5)n4)n(C)c3c2C)ccn1. The van der Waals surface area contributed by atoms with Crippen molar-refractivity contribution < 1.29 is 14.3 Å². The molecule has 44 heavy (non-hydrogen) atoms. The molecule has 2 N–H and O–H groups in total. The second-order valence-electron chi connectivity index (χ2n) is 12.4. The van der Waals surface area contributed by atoms with Crippen LogP contribution in [0.4, 0.5) is 17.6 Å². The van der Waals surface area contributed by atoms with Crippen molar-refractivity contribution in [1.29, 1.82) is 0 Å². The maximum atomic E-state index is 11.4. The number of ether oxygens (including phenoxy) is 2. The van der Waals surface area contributed by atoms with E-state index in [1.165, 1.54) is 12.5 Å². The summed E-state index contributed by atoms with van der Waals surface area (Å²) >= 11 is 0. The first-order valence-corrected chi connectivity index (χ1v) is 14.8. The van der Waals surface area contributed by atoms with Crippen molar-refractivity contribution >= 4 is 34.7 Å². The zero-order valence-electron chi connectivity index (χ0n) is 26.0. The highest BCUT2D eigenvalue weighted by atomic mass is 16.5. The van der Waals surface area contributed by atoms with E-state index in [2.05, 4.69) is 64.3 Å². The van der Waals surface area contributed by atoms with Crippen LogP contribution in [-0.2, 0) is 28.6 Å². The van der Waals surface area contributed by atoms with Gasteiger partial charge in [0.05, 0.1) is 30.5 Å². The van der Waals surface area contributed by atoms with Crippen molar-refractivity contribution in [2.75, 3.05) is 10.6 Å². The molecule has 0 spiro atoms. The normalized spacial score (nSPS) is 16.5. The molecule has 1 fully saturated rings.